The summed E-state index contributed by atoms with van der Waals surface area (Å²) in [6.07, 6.45) is 0. The minimum absolute atomic E-state index is 0.0837. The summed E-state index contributed by atoms with van der Waals surface area (Å²) in [4.78, 5) is 11.5. The lowest BCUT2D eigenvalue weighted by Crippen LogP contribution is -2.46. The molecule has 4 nitrogen and oxygen atoms in total. The molecular weight excluding hydrogens is 298 g/mol. The van der Waals surface area contributed by atoms with Crippen molar-refractivity contribution in [3.05, 3.63) is 29.3 Å². The molecule has 1 aromatic rings. The van der Waals surface area contributed by atoms with Gasteiger partial charge in [-0.05, 0) is 49.3 Å². The van der Waals surface area contributed by atoms with E-state index in [2.05, 4.69) is 16.8 Å². The highest BCUT2D eigenvalue weighted by Crippen LogP contribution is 2.17. The fraction of sp³-hybridized carbons (Fsp3) is 0.250. The summed E-state index contributed by atoms with van der Waals surface area (Å²) in [6.45, 7) is 4.04. The van der Waals surface area contributed by atoms with Gasteiger partial charge in [0.25, 0.3) is 5.91 Å². The molecule has 0 unspecified atom stereocenters. The van der Waals surface area contributed by atoms with Crippen LogP contribution >= 0.6 is 36.2 Å². The van der Waals surface area contributed by atoms with Crippen molar-refractivity contribution in [3.63, 3.8) is 0 Å². The molecule has 2 rings (SSSR count). The van der Waals surface area contributed by atoms with Crippen molar-refractivity contribution in [2.75, 3.05) is 11.1 Å². The Labute approximate surface area is 126 Å². The number of nitrogens with one attached hydrogen (secondary N) is 2. The van der Waals surface area contributed by atoms with E-state index in [4.69, 9.17) is 24.4 Å². The van der Waals surface area contributed by atoms with Crippen molar-refractivity contribution < 1.29 is 4.79 Å². The van der Waals surface area contributed by atoms with E-state index in [1.807, 2.05) is 26.0 Å². The quantitative estimate of drug-likeness (QED) is 0.818. The van der Waals surface area contributed by atoms with Crippen molar-refractivity contribution in [2.45, 2.75) is 13.8 Å². The first-order valence-electron chi connectivity index (χ1n) is 5.61. The van der Waals surface area contributed by atoms with Gasteiger partial charge in [-0.3, -0.25) is 10.2 Å². The largest absolute Gasteiger partial charge is 0.331 e. The maximum atomic E-state index is 11.5. The molecular formula is C12H13N3OS3. The third kappa shape index (κ3) is 3.65. The molecule has 1 heterocycles. The maximum absolute atomic E-state index is 11.5. The van der Waals surface area contributed by atoms with E-state index in [9.17, 15) is 4.79 Å². The number of rotatable bonds is 2. The molecule has 19 heavy (non-hydrogen) atoms. The number of thioether (sulfide) groups is 1. The summed E-state index contributed by atoms with van der Waals surface area (Å²) >= 11 is 11.6. The Morgan fingerprint density at radius 3 is 2.47 bits per heavy atom. The SMILES string of the molecule is Cc1cc(C)cc(NC(=S)NN2C(=O)CSC2=S)c1. The smallest absolute Gasteiger partial charge is 0.257 e. The molecule has 2 N–H and O–H groups in total. The molecule has 1 saturated heterocycles. The third-order valence-electron chi connectivity index (χ3n) is 2.44. The zero-order valence-electron chi connectivity index (χ0n) is 10.5. The topological polar surface area (TPSA) is 44.4 Å². The molecule has 1 aromatic carbocycles. The summed E-state index contributed by atoms with van der Waals surface area (Å²) in [5.74, 6) is 0.275. The molecule has 1 aliphatic heterocycles. The average molecular weight is 311 g/mol. The first kappa shape index (κ1) is 14.2. The summed E-state index contributed by atoms with van der Waals surface area (Å²) in [5.41, 5.74) is 5.99. The van der Waals surface area contributed by atoms with Gasteiger partial charge in [-0.1, -0.05) is 30.0 Å². The predicted molar refractivity (Wildman–Crippen MR) is 87.2 cm³/mol. The number of hydrogen-bond acceptors (Lipinski definition) is 4. The van der Waals surface area contributed by atoms with Gasteiger partial charge in [0.15, 0.2) is 9.43 Å². The molecule has 7 heteroatoms. The first-order valence-corrected chi connectivity index (χ1v) is 7.41. The lowest BCUT2D eigenvalue weighted by molar-refractivity contribution is -0.125. The average Bonchev–Trinajstić information content (AvgIpc) is 2.59. The Bertz CT molecular complexity index is 523. The second kappa shape index (κ2) is 5.85. The molecule has 1 aliphatic rings. The van der Waals surface area contributed by atoms with Gasteiger partial charge in [0.05, 0.1) is 5.75 Å². The number of amides is 1. The van der Waals surface area contributed by atoms with Crippen molar-refractivity contribution in [1.29, 1.82) is 0 Å². The highest BCUT2D eigenvalue weighted by atomic mass is 32.2. The molecule has 0 aliphatic carbocycles. The van der Waals surface area contributed by atoms with Crippen LogP contribution in [0.25, 0.3) is 0 Å². The number of anilines is 1. The van der Waals surface area contributed by atoms with Crippen LogP contribution in [0.5, 0.6) is 0 Å². The second-order valence-electron chi connectivity index (χ2n) is 4.23. The van der Waals surface area contributed by atoms with Crippen LogP contribution in [0.2, 0.25) is 0 Å². The molecule has 0 saturated carbocycles. The summed E-state index contributed by atoms with van der Waals surface area (Å²) < 4.78 is 0.495. The lowest BCUT2D eigenvalue weighted by Gasteiger charge is -2.19. The van der Waals surface area contributed by atoms with E-state index in [1.165, 1.54) is 16.8 Å². The van der Waals surface area contributed by atoms with Crippen molar-refractivity contribution >= 4 is 57.2 Å². The summed E-state index contributed by atoms with van der Waals surface area (Å²) in [5, 5.41) is 4.70. The molecule has 0 bridgehead atoms. The predicted octanol–water partition coefficient (Wildman–Crippen LogP) is 2.37. The van der Waals surface area contributed by atoms with Crippen LogP contribution in [-0.2, 0) is 4.79 Å². The molecule has 100 valence electrons. The van der Waals surface area contributed by atoms with Gasteiger partial charge in [-0.15, -0.1) is 0 Å². The highest BCUT2D eigenvalue weighted by Gasteiger charge is 2.27. The van der Waals surface area contributed by atoms with E-state index in [1.54, 1.807) is 0 Å². The number of carbonyl (C=O) groups excluding carboxylic acids is 1. The Kier molecular flexibility index (Phi) is 4.38. The summed E-state index contributed by atoms with van der Waals surface area (Å²) in [7, 11) is 0. The normalized spacial score (nSPS) is 14.7. The molecule has 0 spiro atoms. The van der Waals surface area contributed by atoms with Gasteiger partial charge in [0.2, 0.25) is 0 Å². The van der Waals surface area contributed by atoms with Gasteiger partial charge in [0.1, 0.15) is 0 Å². The van der Waals surface area contributed by atoms with Gasteiger partial charge < -0.3 is 5.32 Å². The number of hydrazine groups is 1. The molecule has 0 atom stereocenters. The van der Waals surface area contributed by atoms with Crippen LogP contribution in [0.1, 0.15) is 11.1 Å². The maximum Gasteiger partial charge on any atom is 0.257 e. The summed E-state index contributed by atoms with van der Waals surface area (Å²) in [6, 6.07) is 6.05. The lowest BCUT2D eigenvalue weighted by atomic mass is 10.1. The van der Waals surface area contributed by atoms with E-state index in [0.717, 1.165) is 16.8 Å². The number of benzene rings is 1. The monoisotopic (exact) mass is 311 g/mol. The van der Waals surface area contributed by atoms with Gasteiger partial charge in [0, 0.05) is 5.69 Å². The zero-order valence-corrected chi connectivity index (χ0v) is 13.0. The Morgan fingerprint density at radius 2 is 1.95 bits per heavy atom. The third-order valence-corrected chi connectivity index (χ3v) is 3.99. The van der Waals surface area contributed by atoms with Crippen molar-refractivity contribution in [2.24, 2.45) is 0 Å². The Hall–Kier alpha value is -1.18. The Balaban J connectivity index is 2.01. The minimum Gasteiger partial charge on any atom is -0.331 e. The standard InChI is InChI=1S/C12H13N3OS3/c1-7-3-8(2)5-9(4-7)13-11(17)14-15-10(16)6-19-12(15)18/h3-5H,6H2,1-2H3,(H2,13,14,17). The van der Waals surface area contributed by atoms with Gasteiger partial charge in [-0.25, -0.2) is 5.01 Å². The van der Waals surface area contributed by atoms with Gasteiger partial charge in [-0.2, -0.15) is 0 Å². The van der Waals surface area contributed by atoms with Crippen LogP contribution in [0.3, 0.4) is 0 Å². The highest BCUT2D eigenvalue weighted by molar-refractivity contribution is 8.23. The van der Waals surface area contributed by atoms with Crippen LogP contribution < -0.4 is 10.7 Å². The van der Waals surface area contributed by atoms with Crippen LogP contribution in [0.4, 0.5) is 5.69 Å². The molecule has 0 radical (unpaired) electrons. The molecule has 0 aromatic heterocycles. The molecule has 1 fully saturated rings. The number of hydrogen-bond donors (Lipinski definition) is 2. The van der Waals surface area contributed by atoms with Crippen molar-refractivity contribution in [3.8, 4) is 0 Å². The Morgan fingerprint density at radius 1 is 1.32 bits per heavy atom. The number of nitrogens with zero attached hydrogens (tertiary/aromatic N) is 1. The minimum atomic E-state index is -0.0837. The fourth-order valence-corrected chi connectivity index (χ4v) is 2.96. The number of thiocarbonyl (C=S) groups is 2. The number of carbonyl (C=O) groups is 1. The number of aryl methyl sites for hydroxylation is 2. The van der Waals surface area contributed by atoms with E-state index in [-0.39, 0.29) is 5.91 Å². The molecule has 1 amide bonds. The van der Waals surface area contributed by atoms with Crippen LogP contribution in [0, 0.1) is 13.8 Å². The van der Waals surface area contributed by atoms with E-state index in [0.29, 0.717) is 15.2 Å². The first-order chi connectivity index (χ1) is 8.95. The second-order valence-corrected chi connectivity index (χ2v) is 6.24. The van der Waals surface area contributed by atoms with Gasteiger partial charge >= 0.3 is 0 Å². The zero-order chi connectivity index (χ0) is 14.0. The van der Waals surface area contributed by atoms with Crippen molar-refractivity contribution in [1.82, 2.24) is 10.4 Å². The van der Waals surface area contributed by atoms with E-state index < -0.39 is 0 Å². The van der Waals surface area contributed by atoms with E-state index >= 15 is 0 Å². The van der Waals surface area contributed by atoms with Crippen LogP contribution in [0.15, 0.2) is 18.2 Å². The fourth-order valence-electron chi connectivity index (χ4n) is 1.77. The van der Waals surface area contributed by atoms with Crippen LogP contribution in [-0.4, -0.2) is 26.1 Å².